The number of nitrogens with one attached hydrogen (secondary N) is 1. The normalized spacial score (nSPS) is 9.33. The van der Waals surface area contributed by atoms with Gasteiger partial charge in [0, 0.05) is 13.1 Å². The van der Waals surface area contributed by atoms with Gasteiger partial charge in [-0.05, 0) is 32.3 Å². The fourth-order valence-corrected chi connectivity index (χ4v) is 1.42. The highest BCUT2D eigenvalue weighted by Crippen LogP contribution is 2.09. The fraction of sp³-hybridized carbons (Fsp3) is 0.455. The largest absolute Gasteiger partial charge is 0.316 e. The van der Waals surface area contributed by atoms with Gasteiger partial charge in [0.1, 0.15) is 0 Å². The van der Waals surface area contributed by atoms with Crippen LogP contribution in [0.25, 0.3) is 0 Å². The zero-order valence-electron chi connectivity index (χ0n) is 9.49. The molecule has 0 saturated heterocycles. The van der Waals surface area contributed by atoms with E-state index in [2.05, 4.69) is 48.6 Å². The van der Waals surface area contributed by atoms with Crippen molar-refractivity contribution in [3.8, 4) is 0 Å². The Hall–Kier alpha value is -0.280. The molecule has 0 saturated carbocycles. The summed E-state index contributed by atoms with van der Waals surface area (Å²) in [6.07, 6.45) is 0. The molecular weight excluding hydrogens is 231 g/mol. The second-order valence-electron chi connectivity index (χ2n) is 3.54. The maximum Gasteiger partial charge on any atom is 0.0230 e. The molecule has 0 aliphatic carbocycles. The summed E-state index contributed by atoms with van der Waals surface area (Å²) in [5.41, 5.74) is 2.79. The van der Waals surface area contributed by atoms with E-state index in [1.165, 1.54) is 11.1 Å². The zero-order valence-corrected chi connectivity index (χ0v) is 11.1. The van der Waals surface area contributed by atoms with Crippen molar-refractivity contribution >= 4 is 24.8 Å². The average Bonchev–Trinajstić information content (AvgIpc) is 2.08. The molecule has 0 spiro atoms. The first-order valence-corrected chi connectivity index (χ1v) is 4.60. The summed E-state index contributed by atoms with van der Waals surface area (Å²) in [5, 5.41) is 3.18. The highest BCUT2D eigenvalue weighted by molar-refractivity contribution is 5.85. The van der Waals surface area contributed by atoms with Crippen LogP contribution < -0.4 is 5.32 Å². The van der Waals surface area contributed by atoms with Crippen LogP contribution in [-0.2, 0) is 13.1 Å². The third-order valence-electron chi connectivity index (χ3n) is 1.97. The molecule has 0 aliphatic rings. The van der Waals surface area contributed by atoms with Gasteiger partial charge < -0.3 is 10.2 Å². The number of hydrogen-bond donors (Lipinski definition) is 1. The molecule has 2 nitrogen and oxygen atoms in total. The van der Waals surface area contributed by atoms with Crippen molar-refractivity contribution in [3.05, 3.63) is 35.4 Å². The first-order valence-electron chi connectivity index (χ1n) is 4.60. The minimum absolute atomic E-state index is 0. The molecule has 0 unspecified atom stereocenters. The summed E-state index contributed by atoms with van der Waals surface area (Å²) in [5.74, 6) is 0. The minimum Gasteiger partial charge on any atom is -0.316 e. The molecule has 15 heavy (non-hydrogen) atoms. The van der Waals surface area contributed by atoms with Gasteiger partial charge in [-0.15, -0.1) is 24.8 Å². The number of benzene rings is 1. The predicted octanol–water partition coefficient (Wildman–Crippen LogP) is 2.31. The monoisotopic (exact) mass is 250 g/mol. The van der Waals surface area contributed by atoms with E-state index in [4.69, 9.17) is 0 Å². The number of nitrogens with zero attached hydrogens (tertiary/aromatic N) is 1. The van der Waals surface area contributed by atoms with Crippen molar-refractivity contribution < 1.29 is 0 Å². The molecule has 0 atom stereocenters. The van der Waals surface area contributed by atoms with Gasteiger partial charge in [0.25, 0.3) is 0 Å². The SMILES string of the molecule is CNCc1ccccc1CN(C)C.Cl.Cl. The van der Waals surface area contributed by atoms with Gasteiger partial charge >= 0.3 is 0 Å². The molecule has 0 aliphatic heterocycles. The van der Waals surface area contributed by atoms with Crippen molar-refractivity contribution in [3.63, 3.8) is 0 Å². The smallest absolute Gasteiger partial charge is 0.0230 e. The topological polar surface area (TPSA) is 15.3 Å². The van der Waals surface area contributed by atoms with Crippen LogP contribution in [0, 0.1) is 0 Å². The van der Waals surface area contributed by atoms with E-state index >= 15 is 0 Å². The lowest BCUT2D eigenvalue weighted by Gasteiger charge is -2.13. The maximum absolute atomic E-state index is 3.18. The molecule has 1 rings (SSSR count). The second kappa shape index (κ2) is 8.98. The Morgan fingerprint density at radius 1 is 1.07 bits per heavy atom. The van der Waals surface area contributed by atoms with Crippen molar-refractivity contribution in [2.24, 2.45) is 0 Å². The molecule has 0 amide bonds. The van der Waals surface area contributed by atoms with E-state index in [0.29, 0.717) is 0 Å². The van der Waals surface area contributed by atoms with E-state index in [-0.39, 0.29) is 24.8 Å². The molecule has 1 N–H and O–H groups in total. The van der Waals surface area contributed by atoms with Gasteiger partial charge in [-0.1, -0.05) is 24.3 Å². The fourth-order valence-electron chi connectivity index (χ4n) is 1.42. The highest BCUT2D eigenvalue weighted by Gasteiger charge is 2.00. The summed E-state index contributed by atoms with van der Waals surface area (Å²) >= 11 is 0. The lowest BCUT2D eigenvalue weighted by atomic mass is 10.1. The Kier molecular flexibility index (Phi) is 10.3. The third-order valence-corrected chi connectivity index (χ3v) is 1.97. The van der Waals surface area contributed by atoms with Crippen molar-refractivity contribution in [1.82, 2.24) is 10.2 Å². The third kappa shape index (κ3) is 6.00. The molecule has 0 heterocycles. The van der Waals surface area contributed by atoms with Crippen LogP contribution >= 0.6 is 24.8 Å². The molecule has 0 fully saturated rings. The lowest BCUT2D eigenvalue weighted by molar-refractivity contribution is 0.400. The Labute approximate surface area is 105 Å². The first kappa shape index (κ1) is 17.1. The summed E-state index contributed by atoms with van der Waals surface area (Å²) in [6.45, 7) is 1.96. The van der Waals surface area contributed by atoms with E-state index in [1.54, 1.807) is 0 Å². The van der Waals surface area contributed by atoms with Gasteiger partial charge in [0.2, 0.25) is 0 Å². The van der Waals surface area contributed by atoms with Gasteiger partial charge in [-0.25, -0.2) is 0 Å². The predicted molar refractivity (Wildman–Crippen MR) is 71.1 cm³/mol. The van der Waals surface area contributed by atoms with E-state index in [0.717, 1.165) is 13.1 Å². The first-order chi connectivity index (χ1) is 6.24. The lowest BCUT2D eigenvalue weighted by Crippen LogP contribution is -2.14. The maximum atomic E-state index is 3.18. The molecule has 0 radical (unpaired) electrons. The summed E-state index contributed by atoms with van der Waals surface area (Å²) in [6, 6.07) is 8.55. The standard InChI is InChI=1S/C11H18N2.2ClH/c1-12-8-10-6-4-5-7-11(10)9-13(2)3;;/h4-7,12H,8-9H2,1-3H3;2*1H. The van der Waals surface area contributed by atoms with Crippen LogP contribution in [0.4, 0.5) is 0 Å². The van der Waals surface area contributed by atoms with Crippen molar-refractivity contribution in [2.45, 2.75) is 13.1 Å². The Balaban J connectivity index is 0. The van der Waals surface area contributed by atoms with Gasteiger partial charge in [0.05, 0.1) is 0 Å². The summed E-state index contributed by atoms with van der Waals surface area (Å²) < 4.78 is 0. The number of hydrogen-bond acceptors (Lipinski definition) is 2. The number of rotatable bonds is 4. The van der Waals surface area contributed by atoms with Gasteiger partial charge in [-0.3, -0.25) is 0 Å². The van der Waals surface area contributed by atoms with Crippen LogP contribution in [0.3, 0.4) is 0 Å². The van der Waals surface area contributed by atoms with Gasteiger partial charge in [-0.2, -0.15) is 0 Å². The Bertz CT molecular complexity index is 265. The molecule has 88 valence electrons. The van der Waals surface area contributed by atoms with Crippen LogP contribution in [0.5, 0.6) is 0 Å². The summed E-state index contributed by atoms with van der Waals surface area (Å²) in [4.78, 5) is 2.19. The van der Waals surface area contributed by atoms with E-state index < -0.39 is 0 Å². The average molecular weight is 251 g/mol. The Morgan fingerprint density at radius 3 is 2.07 bits per heavy atom. The highest BCUT2D eigenvalue weighted by atomic mass is 35.5. The number of halogens is 2. The zero-order chi connectivity index (χ0) is 9.68. The molecule has 1 aromatic carbocycles. The van der Waals surface area contributed by atoms with Crippen molar-refractivity contribution in [2.75, 3.05) is 21.1 Å². The van der Waals surface area contributed by atoms with Crippen LogP contribution in [0.2, 0.25) is 0 Å². The minimum atomic E-state index is 0. The van der Waals surface area contributed by atoms with Crippen molar-refractivity contribution in [1.29, 1.82) is 0 Å². The molecule has 0 aromatic heterocycles. The quantitative estimate of drug-likeness (QED) is 0.883. The van der Waals surface area contributed by atoms with Crippen LogP contribution in [-0.4, -0.2) is 26.0 Å². The van der Waals surface area contributed by atoms with Crippen LogP contribution in [0.15, 0.2) is 24.3 Å². The molecule has 0 bridgehead atoms. The van der Waals surface area contributed by atoms with E-state index in [1.807, 2.05) is 7.05 Å². The molecular formula is C11H20Cl2N2. The van der Waals surface area contributed by atoms with Gasteiger partial charge in [0.15, 0.2) is 0 Å². The van der Waals surface area contributed by atoms with Crippen LogP contribution in [0.1, 0.15) is 11.1 Å². The molecule has 4 heteroatoms. The summed E-state index contributed by atoms with van der Waals surface area (Å²) in [7, 11) is 6.17. The van der Waals surface area contributed by atoms with E-state index in [9.17, 15) is 0 Å². The molecule has 1 aromatic rings. The Morgan fingerprint density at radius 2 is 1.60 bits per heavy atom. The second-order valence-corrected chi connectivity index (χ2v) is 3.54.